The van der Waals surface area contributed by atoms with E-state index in [1.807, 2.05) is 0 Å². The molecule has 104 valence electrons. The molecule has 1 fully saturated rings. The first-order chi connectivity index (χ1) is 9.08. The first-order valence-corrected chi connectivity index (χ1v) is 7.07. The van der Waals surface area contributed by atoms with Crippen molar-refractivity contribution in [2.75, 3.05) is 11.9 Å². The van der Waals surface area contributed by atoms with E-state index in [4.69, 9.17) is 16.7 Å². The number of hydrogen-bond acceptors (Lipinski definition) is 3. The van der Waals surface area contributed by atoms with E-state index < -0.39 is 5.97 Å². The monoisotopic (exact) mass is 282 g/mol. The van der Waals surface area contributed by atoms with Crippen molar-refractivity contribution in [3.63, 3.8) is 0 Å². The number of nitrogens with one attached hydrogen (secondary N) is 1. The Bertz CT molecular complexity index is 471. The molecule has 0 atom stereocenters. The highest BCUT2D eigenvalue weighted by molar-refractivity contribution is 6.35. The fourth-order valence-electron chi connectivity index (χ4n) is 2.78. The van der Waals surface area contributed by atoms with Gasteiger partial charge in [0.05, 0.1) is 10.6 Å². The molecule has 0 spiro atoms. The van der Waals surface area contributed by atoms with Gasteiger partial charge >= 0.3 is 5.97 Å². The Labute approximate surface area is 118 Å². The molecule has 1 saturated carbocycles. The van der Waals surface area contributed by atoms with Crippen molar-refractivity contribution in [2.45, 2.75) is 39.0 Å². The first kappa shape index (κ1) is 14.1. The van der Waals surface area contributed by atoms with Gasteiger partial charge in [-0.25, -0.2) is 9.78 Å². The van der Waals surface area contributed by atoms with Crippen LogP contribution in [0.1, 0.15) is 49.4 Å². The average Bonchev–Trinajstić information content (AvgIpc) is 2.87. The Morgan fingerprint density at radius 2 is 2.21 bits per heavy atom. The molecule has 0 unspecified atom stereocenters. The number of carboxylic acids is 1. The van der Waals surface area contributed by atoms with E-state index in [0.717, 1.165) is 13.0 Å². The fourth-order valence-corrected chi connectivity index (χ4v) is 3.04. The summed E-state index contributed by atoms with van der Waals surface area (Å²) in [6, 6.07) is 1.42. The predicted molar refractivity (Wildman–Crippen MR) is 75.9 cm³/mol. The Kier molecular flexibility index (Phi) is 4.30. The van der Waals surface area contributed by atoms with E-state index in [1.165, 1.54) is 37.9 Å². The number of pyridine rings is 1. The van der Waals surface area contributed by atoms with Crippen LogP contribution in [0.5, 0.6) is 0 Å². The summed E-state index contributed by atoms with van der Waals surface area (Å²) in [6.45, 7) is 3.01. The van der Waals surface area contributed by atoms with Crippen molar-refractivity contribution >= 4 is 23.4 Å². The highest BCUT2D eigenvalue weighted by atomic mass is 35.5. The number of anilines is 1. The van der Waals surface area contributed by atoms with Gasteiger partial charge in [0.25, 0.3) is 0 Å². The Morgan fingerprint density at radius 1 is 1.53 bits per heavy atom. The third-order valence-corrected chi connectivity index (χ3v) is 4.55. The van der Waals surface area contributed by atoms with Gasteiger partial charge in [-0.15, -0.1) is 0 Å². The normalized spacial score (nSPS) is 17.4. The highest BCUT2D eigenvalue weighted by Crippen LogP contribution is 2.41. The largest absolute Gasteiger partial charge is 0.478 e. The number of carbonyl (C=O) groups is 1. The maximum Gasteiger partial charge on any atom is 0.337 e. The molecule has 1 aromatic rings. The molecular weight excluding hydrogens is 264 g/mol. The molecule has 1 aliphatic carbocycles. The Balaban J connectivity index is 2.11. The number of hydrogen-bond donors (Lipinski definition) is 2. The zero-order valence-electron chi connectivity index (χ0n) is 11.1. The second kappa shape index (κ2) is 5.78. The first-order valence-electron chi connectivity index (χ1n) is 6.70. The van der Waals surface area contributed by atoms with Crippen LogP contribution in [0.25, 0.3) is 0 Å². The molecule has 2 N–H and O–H groups in total. The molecule has 1 aromatic heterocycles. The number of aromatic carboxylic acids is 1. The van der Waals surface area contributed by atoms with Gasteiger partial charge in [0, 0.05) is 12.7 Å². The van der Waals surface area contributed by atoms with Crippen molar-refractivity contribution in [1.29, 1.82) is 0 Å². The SMILES string of the molecule is CCC1(CNc2nccc(C(=O)O)c2Cl)CCCC1. The molecule has 0 aromatic carbocycles. The Morgan fingerprint density at radius 3 is 2.79 bits per heavy atom. The minimum Gasteiger partial charge on any atom is -0.478 e. The summed E-state index contributed by atoms with van der Waals surface area (Å²) in [5, 5.41) is 12.5. The van der Waals surface area contributed by atoms with Gasteiger partial charge in [-0.05, 0) is 30.7 Å². The summed E-state index contributed by atoms with van der Waals surface area (Å²) >= 11 is 6.07. The van der Waals surface area contributed by atoms with E-state index in [0.29, 0.717) is 11.2 Å². The van der Waals surface area contributed by atoms with Crippen molar-refractivity contribution in [2.24, 2.45) is 5.41 Å². The van der Waals surface area contributed by atoms with E-state index in [-0.39, 0.29) is 10.6 Å². The van der Waals surface area contributed by atoms with E-state index in [1.54, 1.807) is 0 Å². The summed E-state index contributed by atoms with van der Waals surface area (Å²) in [5.41, 5.74) is 0.403. The van der Waals surface area contributed by atoms with Gasteiger partial charge < -0.3 is 10.4 Å². The van der Waals surface area contributed by atoms with Crippen molar-refractivity contribution in [3.05, 3.63) is 22.8 Å². The number of halogens is 1. The quantitative estimate of drug-likeness (QED) is 0.862. The van der Waals surface area contributed by atoms with E-state index >= 15 is 0 Å². The highest BCUT2D eigenvalue weighted by Gasteiger charge is 2.32. The topological polar surface area (TPSA) is 62.2 Å². The van der Waals surface area contributed by atoms with Crippen LogP contribution in [0.2, 0.25) is 5.02 Å². The van der Waals surface area contributed by atoms with Gasteiger partial charge in [-0.1, -0.05) is 31.4 Å². The van der Waals surface area contributed by atoms with Gasteiger partial charge in [-0.2, -0.15) is 0 Å². The molecular formula is C14H19ClN2O2. The van der Waals surface area contributed by atoms with Gasteiger partial charge in [0.1, 0.15) is 5.82 Å². The van der Waals surface area contributed by atoms with Crippen LogP contribution in [-0.4, -0.2) is 22.6 Å². The lowest BCUT2D eigenvalue weighted by molar-refractivity contribution is 0.0697. The lowest BCUT2D eigenvalue weighted by Gasteiger charge is -2.28. The Hall–Kier alpha value is -1.29. The molecule has 1 heterocycles. The molecule has 1 aliphatic rings. The molecule has 19 heavy (non-hydrogen) atoms. The number of rotatable bonds is 5. The summed E-state index contributed by atoms with van der Waals surface area (Å²) in [6.07, 6.45) is 7.57. The average molecular weight is 283 g/mol. The second-order valence-corrected chi connectivity index (χ2v) is 5.62. The predicted octanol–water partition coefficient (Wildman–Crippen LogP) is 3.82. The summed E-state index contributed by atoms with van der Waals surface area (Å²) in [4.78, 5) is 15.2. The zero-order chi connectivity index (χ0) is 13.9. The molecule has 0 radical (unpaired) electrons. The summed E-state index contributed by atoms with van der Waals surface area (Å²) in [5.74, 6) is -0.553. The minimum absolute atomic E-state index is 0.0936. The zero-order valence-corrected chi connectivity index (χ0v) is 11.8. The van der Waals surface area contributed by atoms with Crippen LogP contribution >= 0.6 is 11.6 Å². The second-order valence-electron chi connectivity index (χ2n) is 5.24. The third-order valence-electron chi connectivity index (χ3n) is 4.16. The van der Waals surface area contributed by atoms with Crippen molar-refractivity contribution in [3.8, 4) is 0 Å². The van der Waals surface area contributed by atoms with Gasteiger partial charge in [-0.3, -0.25) is 0 Å². The molecule has 0 aliphatic heterocycles. The van der Waals surface area contributed by atoms with Crippen LogP contribution in [0, 0.1) is 5.41 Å². The van der Waals surface area contributed by atoms with Crippen molar-refractivity contribution in [1.82, 2.24) is 4.98 Å². The molecule has 0 bridgehead atoms. The number of aromatic nitrogens is 1. The van der Waals surface area contributed by atoms with Crippen LogP contribution in [-0.2, 0) is 0 Å². The summed E-state index contributed by atoms with van der Waals surface area (Å²) < 4.78 is 0. The van der Waals surface area contributed by atoms with Crippen LogP contribution < -0.4 is 5.32 Å². The molecule has 2 rings (SSSR count). The minimum atomic E-state index is -1.03. The number of nitrogens with zero attached hydrogens (tertiary/aromatic N) is 1. The maximum atomic E-state index is 11.0. The van der Waals surface area contributed by atoms with Crippen LogP contribution in [0.4, 0.5) is 5.82 Å². The lowest BCUT2D eigenvalue weighted by Crippen LogP contribution is -2.26. The lowest BCUT2D eigenvalue weighted by atomic mass is 9.83. The molecule has 0 amide bonds. The standard InChI is InChI=1S/C14H19ClN2O2/c1-2-14(6-3-4-7-14)9-17-12-11(15)10(13(18)19)5-8-16-12/h5,8H,2-4,6-7,9H2,1H3,(H,16,17)(H,18,19). The molecule has 5 heteroatoms. The van der Waals surface area contributed by atoms with E-state index in [9.17, 15) is 4.79 Å². The van der Waals surface area contributed by atoms with Gasteiger partial charge in [0.15, 0.2) is 0 Å². The van der Waals surface area contributed by atoms with Crippen LogP contribution in [0.15, 0.2) is 12.3 Å². The number of carboxylic acid groups (broad SMARTS) is 1. The fraction of sp³-hybridized carbons (Fsp3) is 0.571. The van der Waals surface area contributed by atoms with Crippen molar-refractivity contribution < 1.29 is 9.90 Å². The smallest absolute Gasteiger partial charge is 0.337 e. The molecule has 4 nitrogen and oxygen atoms in total. The summed E-state index contributed by atoms with van der Waals surface area (Å²) in [7, 11) is 0. The van der Waals surface area contributed by atoms with Gasteiger partial charge in [0.2, 0.25) is 0 Å². The van der Waals surface area contributed by atoms with Crippen LogP contribution in [0.3, 0.4) is 0 Å². The third kappa shape index (κ3) is 3.00. The maximum absolute atomic E-state index is 11.0. The molecule has 0 saturated heterocycles. The van der Waals surface area contributed by atoms with E-state index in [2.05, 4.69) is 17.2 Å².